The molecule has 1 aliphatic rings. The highest BCUT2D eigenvalue weighted by Crippen LogP contribution is 2.24. The Morgan fingerprint density at radius 2 is 2.09 bits per heavy atom. The van der Waals surface area contributed by atoms with Gasteiger partial charge >= 0.3 is 11.3 Å². The molecular formula is C5H6ClF2NO2. The molecule has 1 saturated heterocycles. The first-order valence-electron chi connectivity index (χ1n) is 2.95. The van der Waals surface area contributed by atoms with Crippen LogP contribution < -0.4 is 0 Å². The molecule has 1 fully saturated rings. The van der Waals surface area contributed by atoms with E-state index in [1.165, 1.54) is 0 Å². The van der Waals surface area contributed by atoms with Gasteiger partial charge in [-0.2, -0.15) is 8.78 Å². The fourth-order valence-electron chi connectivity index (χ4n) is 0.800. The van der Waals surface area contributed by atoms with Crippen molar-refractivity contribution in [2.45, 2.75) is 11.5 Å². The van der Waals surface area contributed by atoms with E-state index in [1.807, 2.05) is 0 Å². The zero-order chi connectivity index (χ0) is 8.65. The van der Waals surface area contributed by atoms with Crippen LogP contribution in [0, 0.1) is 0 Å². The Balaban J connectivity index is 2.45. The van der Waals surface area contributed by atoms with Gasteiger partial charge in [0.1, 0.15) is 0 Å². The number of aliphatic hydroxyl groups is 1. The minimum absolute atomic E-state index is 0.0544. The summed E-state index contributed by atoms with van der Waals surface area (Å²) in [6.45, 7) is -0.109. The van der Waals surface area contributed by atoms with Crippen LogP contribution in [0.25, 0.3) is 0 Å². The van der Waals surface area contributed by atoms with E-state index in [4.69, 9.17) is 5.11 Å². The van der Waals surface area contributed by atoms with E-state index in [0.29, 0.717) is 0 Å². The first kappa shape index (κ1) is 8.67. The van der Waals surface area contributed by atoms with Gasteiger partial charge in [-0.25, -0.2) is 0 Å². The van der Waals surface area contributed by atoms with E-state index in [0.717, 1.165) is 4.90 Å². The van der Waals surface area contributed by atoms with Crippen molar-refractivity contribution in [1.29, 1.82) is 0 Å². The Kier molecular flexibility index (Phi) is 2.02. The normalized spacial score (nSPS) is 19.8. The minimum atomic E-state index is -3.83. The molecule has 0 unspecified atom stereocenters. The van der Waals surface area contributed by atoms with Gasteiger partial charge < -0.3 is 10.0 Å². The van der Waals surface area contributed by atoms with Crippen LogP contribution in [0.3, 0.4) is 0 Å². The number of nitrogens with zero attached hydrogens (tertiary/aromatic N) is 1. The molecular weight excluding hydrogens is 180 g/mol. The lowest BCUT2D eigenvalue weighted by Gasteiger charge is -2.36. The Morgan fingerprint density at radius 3 is 2.36 bits per heavy atom. The molecule has 0 aromatic heterocycles. The van der Waals surface area contributed by atoms with Crippen molar-refractivity contribution in [3.8, 4) is 0 Å². The van der Waals surface area contributed by atoms with Crippen LogP contribution in [-0.4, -0.2) is 40.5 Å². The van der Waals surface area contributed by atoms with Crippen molar-refractivity contribution in [3.05, 3.63) is 0 Å². The molecule has 6 heteroatoms. The number of carbonyl (C=O) groups is 1. The second-order valence-corrected chi connectivity index (χ2v) is 2.84. The van der Waals surface area contributed by atoms with Gasteiger partial charge in [0.15, 0.2) is 0 Å². The van der Waals surface area contributed by atoms with Gasteiger partial charge in [0, 0.05) is 13.1 Å². The molecule has 0 saturated carbocycles. The molecule has 0 spiro atoms. The van der Waals surface area contributed by atoms with Gasteiger partial charge in [-0.3, -0.25) is 4.79 Å². The van der Waals surface area contributed by atoms with Crippen molar-refractivity contribution in [1.82, 2.24) is 4.90 Å². The number of aliphatic hydroxyl groups excluding tert-OH is 1. The van der Waals surface area contributed by atoms with Crippen molar-refractivity contribution >= 4 is 17.5 Å². The van der Waals surface area contributed by atoms with Gasteiger partial charge in [0.05, 0.1) is 6.10 Å². The SMILES string of the molecule is O=C(N1CC(O)C1)C(F)(F)Cl. The first-order chi connectivity index (χ1) is 4.91. The van der Waals surface area contributed by atoms with Crippen molar-refractivity contribution < 1.29 is 18.7 Å². The van der Waals surface area contributed by atoms with Crippen LogP contribution in [-0.2, 0) is 4.79 Å². The van der Waals surface area contributed by atoms with Crippen LogP contribution in [0.2, 0.25) is 0 Å². The van der Waals surface area contributed by atoms with E-state index in [1.54, 1.807) is 0 Å². The van der Waals surface area contributed by atoms with Gasteiger partial charge in [-0.15, -0.1) is 0 Å². The highest BCUT2D eigenvalue weighted by atomic mass is 35.5. The maximum absolute atomic E-state index is 12.0. The molecule has 64 valence electrons. The number of hydrogen-bond donors (Lipinski definition) is 1. The van der Waals surface area contributed by atoms with Crippen LogP contribution >= 0.6 is 11.6 Å². The summed E-state index contributed by atoms with van der Waals surface area (Å²) in [6, 6.07) is 0. The Morgan fingerprint density at radius 1 is 1.64 bits per heavy atom. The smallest absolute Gasteiger partial charge is 0.389 e. The van der Waals surface area contributed by atoms with E-state index < -0.39 is 17.4 Å². The van der Waals surface area contributed by atoms with Crippen molar-refractivity contribution in [2.75, 3.05) is 13.1 Å². The Labute approximate surface area is 66.5 Å². The molecule has 3 nitrogen and oxygen atoms in total. The zero-order valence-electron chi connectivity index (χ0n) is 5.43. The topological polar surface area (TPSA) is 40.5 Å². The second kappa shape index (κ2) is 2.57. The first-order valence-corrected chi connectivity index (χ1v) is 3.33. The maximum atomic E-state index is 12.0. The van der Waals surface area contributed by atoms with E-state index in [-0.39, 0.29) is 13.1 Å². The van der Waals surface area contributed by atoms with E-state index >= 15 is 0 Å². The van der Waals surface area contributed by atoms with Crippen molar-refractivity contribution in [3.63, 3.8) is 0 Å². The predicted octanol–water partition coefficient (Wildman–Crippen LogP) is 0.0211. The summed E-state index contributed by atoms with van der Waals surface area (Å²) >= 11 is 4.43. The van der Waals surface area contributed by atoms with Crippen LogP contribution in [0.1, 0.15) is 0 Å². The summed E-state index contributed by atoms with van der Waals surface area (Å²) in [7, 11) is 0. The van der Waals surface area contributed by atoms with Crippen molar-refractivity contribution in [2.24, 2.45) is 0 Å². The third-order valence-corrected chi connectivity index (χ3v) is 1.55. The van der Waals surface area contributed by atoms with Crippen LogP contribution in [0.5, 0.6) is 0 Å². The largest absolute Gasteiger partial charge is 0.399 e. The lowest BCUT2D eigenvalue weighted by atomic mass is 10.2. The summed E-state index contributed by atoms with van der Waals surface area (Å²) in [5.41, 5.74) is 0. The molecule has 1 amide bonds. The number of rotatable bonds is 1. The lowest BCUT2D eigenvalue weighted by Crippen LogP contribution is -2.57. The summed E-state index contributed by atoms with van der Waals surface area (Å²) < 4.78 is 24.0. The molecule has 0 radical (unpaired) electrons. The summed E-state index contributed by atoms with van der Waals surface area (Å²) in [5, 5.41) is 4.82. The molecule has 0 bridgehead atoms. The van der Waals surface area contributed by atoms with E-state index in [9.17, 15) is 13.6 Å². The molecule has 0 aromatic rings. The van der Waals surface area contributed by atoms with E-state index in [2.05, 4.69) is 11.6 Å². The molecule has 1 heterocycles. The fraction of sp³-hybridized carbons (Fsp3) is 0.800. The Hall–Kier alpha value is -0.420. The fourth-order valence-corrected chi connectivity index (χ4v) is 0.920. The Bertz CT molecular complexity index is 176. The average Bonchev–Trinajstić information content (AvgIpc) is 1.77. The van der Waals surface area contributed by atoms with Gasteiger partial charge in [0.2, 0.25) is 0 Å². The number of hydrogen-bond acceptors (Lipinski definition) is 2. The number of amides is 1. The van der Waals surface area contributed by atoms with Gasteiger partial charge in [-0.05, 0) is 11.6 Å². The molecule has 0 atom stereocenters. The van der Waals surface area contributed by atoms with Gasteiger partial charge in [0.25, 0.3) is 0 Å². The number of alkyl halides is 3. The lowest BCUT2D eigenvalue weighted by molar-refractivity contribution is -0.157. The third-order valence-electron chi connectivity index (χ3n) is 1.39. The van der Waals surface area contributed by atoms with Crippen LogP contribution in [0.4, 0.5) is 8.78 Å². The molecule has 0 aliphatic carbocycles. The monoisotopic (exact) mass is 185 g/mol. The maximum Gasteiger partial charge on any atom is 0.399 e. The average molecular weight is 186 g/mol. The molecule has 1 N–H and O–H groups in total. The predicted molar refractivity (Wildman–Crippen MR) is 33.4 cm³/mol. The number of carbonyl (C=O) groups excluding carboxylic acids is 1. The number of halogens is 3. The second-order valence-electron chi connectivity index (χ2n) is 2.36. The third kappa shape index (κ3) is 1.78. The standard InChI is InChI=1S/C5H6ClF2NO2/c6-5(7,8)4(11)9-1-3(10)2-9/h3,10H,1-2H2. The summed E-state index contributed by atoms with van der Waals surface area (Å²) in [5.74, 6) is -1.44. The number of β-amino-alcohol motifs (C(OH)–C–C–N with tert-alkyl or cyclic N) is 1. The molecule has 11 heavy (non-hydrogen) atoms. The van der Waals surface area contributed by atoms with Crippen LogP contribution in [0.15, 0.2) is 0 Å². The summed E-state index contributed by atoms with van der Waals surface area (Å²) in [4.78, 5) is 11.3. The highest BCUT2D eigenvalue weighted by molar-refractivity contribution is 6.32. The molecule has 0 aromatic carbocycles. The highest BCUT2D eigenvalue weighted by Gasteiger charge is 2.43. The minimum Gasteiger partial charge on any atom is -0.389 e. The van der Waals surface area contributed by atoms with Gasteiger partial charge in [-0.1, -0.05) is 0 Å². The molecule has 1 rings (SSSR count). The number of likely N-dealkylation sites (tertiary alicyclic amines) is 1. The molecule has 1 aliphatic heterocycles. The summed E-state index contributed by atoms with van der Waals surface area (Å²) in [6.07, 6.45) is -0.682. The quantitative estimate of drug-likeness (QED) is 0.586. The zero-order valence-corrected chi connectivity index (χ0v) is 6.18.